The Bertz CT molecular complexity index is 447. The van der Waals surface area contributed by atoms with Crippen LogP contribution < -0.4 is 4.90 Å². The molecule has 0 amide bonds. The third kappa shape index (κ3) is 2.38. The summed E-state index contributed by atoms with van der Waals surface area (Å²) in [6.07, 6.45) is 2.37. The smallest absolute Gasteiger partial charge is 0.227 e. The summed E-state index contributed by atoms with van der Waals surface area (Å²) in [7, 11) is 0. The standard InChI is InChI=1S/C13H18N4/c1-9(2)12-5-4-6-17(12)13-15-10(3)7-11(8-14)16-13/h7,9,12H,4-6H2,1-3H3. The number of hydrogen-bond donors (Lipinski definition) is 0. The molecule has 0 aromatic carbocycles. The van der Waals surface area contributed by atoms with Gasteiger partial charge in [-0.05, 0) is 31.7 Å². The van der Waals surface area contributed by atoms with Crippen molar-refractivity contribution in [1.82, 2.24) is 9.97 Å². The summed E-state index contributed by atoms with van der Waals surface area (Å²) in [5.41, 5.74) is 1.32. The Balaban J connectivity index is 2.33. The highest BCUT2D eigenvalue weighted by atomic mass is 15.3. The van der Waals surface area contributed by atoms with Crippen LogP contribution in [0.25, 0.3) is 0 Å². The van der Waals surface area contributed by atoms with E-state index in [4.69, 9.17) is 5.26 Å². The van der Waals surface area contributed by atoms with Crippen molar-refractivity contribution in [3.05, 3.63) is 17.5 Å². The zero-order chi connectivity index (χ0) is 12.4. The van der Waals surface area contributed by atoms with Crippen molar-refractivity contribution in [2.45, 2.75) is 39.7 Å². The molecular weight excluding hydrogens is 212 g/mol. The lowest BCUT2D eigenvalue weighted by molar-refractivity contribution is 0.486. The van der Waals surface area contributed by atoms with E-state index in [1.165, 1.54) is 12.8 Å². The maximum Gasteiger partial charge on any atom is 0.227 e. The minimum atomic E-state index is 0.460. The van der Waals surface area contributed by atoms with E-state index in [1.807, 2.05) is 6.92 Å². The van der Waals surface area contributed by atoms with Crippen molar-refractivity contribution in [3.8, 4) is 6.07 Å². The molecule has 17 heavy (non-hydrogen) atoms. The molecule has 0 N–H and O–H groups in total. The van der Waals surface area contributed by atoms with Gasteiger partial charge in [0, 0.05) is 18.3 Å². The molecule has 2 heterocycles. The van der Waals surface area contributed by atoms with E-state index in [2.05, 4.69) is 34.8 Å². The predicted molar refractivity (Wildman–Crippen MR) is 66.7 cm³/mol. The first-order valence-corrected chi connectivity index (χ1v) is 6.14. The van der Waals surface area contributed by atoms with E-state index in [-0.39, 0.29) is 0 Å². The quantitative estimate of drug-likeness (QED) is 0.782. The molecule has 1 unspecified atom stereocenters. The SMILES string of the molecule is Cc1cc(C#N)nc(N2CCCC2C(C)C)n1. The lowest BCUT2D eigenvalue weighted by Gasteiger charge is -2.27. The molecule has 1 aliphatic rings. The summed E-state index contributed by atoms with van der Waals surface area (Å²) >= 11 is 0. The number of rotatable bonds is 2. The van der Waals surface area contributed by atoms with Crippen LogP contribution in [0.1, 0.15) is 38.1 Å². The number of anilines is 1. The monoisotopic (exact) mass is 230 g/mol. The van der Waals surface area contributed by atoms with E-state index in [1.54, 1.807) is 6.07 Å². The van der Waals surface area contributed by atoms with E-state index in [0.717, 1.165) is 18.2 Å². The van der Waals surface area contributed by atoms with Crippen LogP contribution in [0.3, 0.4) is 0 Å². The molecular formula is C13H18N4. The van der Waals surface area contributed by atoms with E-state index >= 15 is 0 Å². The molecule has 4 heteroatoms. The van der Waals surface area contributed by atoms with Gasteiger partial charge in [-0.3, -0.25) is 0 Å². The number of nitrogens with zero attached hydrogens (tertiary/aromatic N) is 4. The van der Waals surface area contributed by atoms with Gasteiger partial charge in [-0.15, -0.1) is 0 Å². The zero-order valence-electron chi connectivity index (χ0n) is 10.6. The maximum absolute atomic E-state index is 8.95. The van der Waals surface area contributed by atoms with Crippen LogP contribution in [-0.2, 0) is 0 Å². The van der Waals surface area contributed by atoms with Crippen LogP contribution in [0.4, 0.5) is 5.95 Å². The highest BCUT2D eigenvalue weighted by Crippen LogP contribution is 2.27. The molecule has 0 spiro atoms. The van der Waals surface area contributed by atoms with Crippen LogP contribution in [0.2, 0.25) is 0 Å². The Hall–Kier alpha value is -1.63. The third-order valence-corrected chi connectivity index (χ3v) is 3.28. The van der Waals surface area contributed by atoms with E-state index < -0.39 is 0 Å². The molecule has 4 nitrogen and oxygen atoms in total. The number of aryl methyl sites for hydroxylation is 1. The molecule has 0 saturated carbocycles. The fourth-order valence-corrected chi connectivity index (χ4v) is 2.47. The second-order valence-electron chi connectivity index (χ2n) is 4.95. The molecule has 1 saturated heterocycles. The Morgan fingerprint density at radius 1 is 1.47 bits per heavy atom. The van der Waals surface area contributed by atoms with Crippen molar-refractivity contribution in [2.24, 2.45) is 5.92 Å². The van der Waals surface area contributed by atoms with Gasteiger partial charge in [0.2, 0.25) is 5.95 Å². The molecule has 1 aromatic heterocycles. The number of nitriles is 1. The van der Waals surface area contributed by atoms with Gasteiger partial charge in [0.25, 0.3) is 0 Å². The summed E-state index contributed by atoms with van der Waals surface area (Å²) in [5.74, 6) is 1.31. The molecule has 1 aliphatic heterocycles. The van der Waals surface area contributed by atoms with Crippen molar-refractivity contribution in [2.75, 3.05) is 11.4 Å². The van der Waals surface area contributed by atoms with Gasteiger partial charge in [-0.1, -0.05) is 13.8 Å². The maximum atomic E-state index is 8.95. The summed E-state index contributed by atoms with van der Waals surface area (Å²) in [6, 6.07) is 4.33. The molecule has 0 aliphatic carbocycles. The van der Waals surface area contributed by atoms with Crippen LogP contribution in [0.5, 0.6) is 0 Å². The predicted octanol–water partition coefficient (Wildman–Crippen LogP) is 2.28. The molecule has 90 valence electrons. The van der Waals surface area contributed by atoms with Gasteiger partial charge >= 0.3 is 0 Å². The first-order chi connectivity index (χ1) is 8.11. The average Bonchev–Trinajstić information content (AvgIpc) is 2.77. The highest BCUT2D eigenvalue weighted by molar-refractivity contribution is 5.38. The summed E-state index contributed by atoms with van der Waals surface area (Å²) < 4.78 is 0. The van der Waals surface area contributed by atoms with Crippen molar-refractivity contribution >= 4 is 5.95 Å². The normalized spacial score (nSPS) is 19.7. The highest BCUT2D eigenvalue weighted by Gasteiger charge is 2.29. The number of aromatic nitrogens is 2. The summed E-state index contributed by atoms with van der Waals surface area (Å²) in [4.78, 5) is 11.0. The Morgan fingerprint density at radius 3 is 2.88 bits per heavy atom. The van der Waals surface area contributed by atoms with E-state index in [9.17, 15) is 0 Å². The molecule has 0 radical (unpaired) electrons. The van der Waals surface area contributed by atoms with Gasteiger partial charge in [0.1, 0.15) is 11.8 Å². The van der Waals surface area contributed by atoms with Crippen LogP contribution in [0.15, 0.2) is 6.07 Å². The molecule has 0 bridgehead atoms. The van der Waals surface area contributed by atoms with Crippen molar-refractivity contribution < 1.29 is 0 Å². The van der Waals surface area contributed by atoms with Crippen LogP contribution >= 0.6 is 0 Å². The van der Waals surface area contributed by atoms with E-state index in [0.29, 0.717) is 17.7 Å². The minimum absolute atomic E-state index is 0.460. The first kappa shape index (κ1) is 11.8. The average molecular weight is 230 g/mol. The minimum Gasteiger partial charge on any atom is -0.338 e. The summed E-state index contributed by atoms with van der Waals surface area (Å²) in [5, 5.41) is 8.95. The van der Waals surface area contributed by atoms with Gasteiger partial charge in [0.05, 0.1) is 0 Å². The lowest BCUT2D eigenvalue weighted by atomic mass is 10.0. The van der Waals surface area contributed by atoms with Crippen LogP contribution in [-0.4, -0.2) is 22.6 Å². The fourth-order valence-electron chi connectivity index (χ4n) is 2.47. The Morgan fingerprint density at radius 2 is 2.24 bits per heavy atom. The second kappa shape index (κ2) is 4.70. The van der Waals surface area contributed by atoms with Gasteiger partial charge in [0.15, 0.2) is 0 Å². The van der Waals surface area contributed by atoms with Crippen molar-refractivity contribution in [1.29, 1.82) is 5.26 Å². The van der Waals surface area contributed by atoms with Crippen LogP contribution in [0, 0.1) is 24.2 Å². The molecule has 1 aromatic rings. The second-order valence-corrected chi connectivity index (χ2v) is 4.95. The van der Waals surface area contributed by atoms with Gasteiger partial charge in [-0.25, -0.2) is 9.97 Å². The number of hydrogen-bond acceptors (Lipinski definition) is 4. The molecule has 2 rings (SSSR count). The third-order valence-electron chi connectivity index (χ3n) is 3.28. The zero-order valence-corrected chi connectivity index (χ0v) is 10.6. The van der Waals surface area contributed by atoms with Crippen molar-refractivity contribution in [3.63, 3.8) is 0 Å². The molecule has 1 fully saturated rings. The molecule has 1 atom stereocenters. The fraction of sp³-hybridized carbons (Fsp3) is 0.615. The topological polar surface area (TPSA) is 52.8 Å². The van der Waals surface area contributed by atoms with Gasteiger partial charge < -0.3 is 4.90 Å². The lowest BCUT2D eigenvalue weighted by Crippen LogP contribution is -2.34. The Kier molecular flexibility index (Phi) is 3.28. The summed E-state index contributed by atoms with van der Waals surface area (Å²) in [6.45, 7) is 7.36. The largest absolute Gasteiger partial charge is 0.338 e. The van der Waals surface area contributed by atoms with Gasteiger partial charge in [-0.2, -0.15) is 5.26 Å². The first-order valence-electron chi connectivity index (χ1n) is 6.14. The Labute approximate surface area is 102 Å².